The van der Waals surface area contributed by atoms with E-state index in [0.29, 0.717) is 0 Å². The van der Waals surface area contributed by atoms with Gasteiger partial charge in [-0.2, -0.15) is 0 Å². The van der Waals surface area contributed by atoms with Gasteiger partial charge in [0.15, 0.2) is 0 Å². The van der Waals surface area contributed by atoms with Gasteiger partial charge in [0.25, 0.3) is 0 Å². The molecule has 0 aromatic heterocycles. The highest BCUT2D eigenvalue weighted by Gasteiger charge is 1.89. The van der Waals surface area contributed by atoms with Crippen molar-refractivity contribution in [3.63, 3.8) is 0 Å². The summed E-state index contributed by atoms with van der Waals surface area (Å²) in [4.78, 5) is 0. The van der Waals surface area contributed by atoms with Crippen molar-refractivity contribution in [2.45, 2.75) is 97.3 Å². The summed E-state index contributed by atoms with van der Waals surface area (Å²) in [7, 11) is 0. The van der Waals surface area contributed by atoms with E-state index in [2.05, 4.69) is 32.4 Å². The van der Waals surface area contributed by atoms with Crippen LogP contribution in [0.5, 0.6) is 0 Å². The topological polar surface area (TPSA) is 0 Å². The Balaban J connectivity index is 3.00. The highest BCUT2D eigenvalue weighted by atomic mass is 14.0. The van der Waals surface area contributed by atoms with E-state index in [4.69, 9.17) is 0 Å². The molecule has 0 aromatic rings. The molecule has 0 rings (SSSR count). The molecule has 0 heterocycles. The third kappa shape index (κ3) is 15.7. The molecule has 0 aliphatic heterocycles. The van der Waals surface area contributed by atoms with E-state index in [1.807, 2.05) is 0 Å². The second-order valence-electron chi connectivity index (χ2n) is 5.36. The van der Waals surface area contributed by atoms with Gasteiger partial charge >= 0.3 is 0 Å². The van der Waals surface area contributed by atoms with Crippen LogP contribution in [0.3, 0.4) is 0 Å². The summed E-state index contributed by atoms with van der Waals surface area (Å²) in [5.74, 6) is 0. The Hall–Kier alpha value is -0.260. The molecule has 0 bridgehead atoms. The molecule has 107 valence electrons. The molecule has 0 saturated heterocycles. The number of hydrogen-bond acceptors (Lipinski definition) is 0. The molecule has 0 amide bonds. The fourth-order valence-corrected chi connectivity index (χ4v) is 2.21. The van der Waals surface area contributed by atoms with Gasteiger partial charge in [0, 0.05) is 0 Å². The summed E-state index contributed by atoms with van der Waals surface area (Å²) in [5, 5.41) is 0. The maximum atomic E-state index is 2.40. The van der Waals surface area contributed by atoms with Crippen LogP contribution in [0.2, 0.25) is 0 Å². The van der Waals surface area contributed by atoms with E-state index in [0.717, 1.165) is 0 Å². The van der Waals surface area contributed by atoms with Crippen molar-refractivity contribution >= 4 is 0 Å². The second-order valence-corrected chi connectivity index (χ2v) is 5.36. The van der Waals surface area contributed by atoms with Gasteiger partial charge in [-0.05, 0) is 32.1 Å². The first-order valence-electron chi connectivity index (χ1n) is 8.38. The molecule has 0 atom stereocenters. The van der Waals surface area contributed by atoms with Gasteiger partial charge in [-0.1, -0.05) is 83.8 Å². The van der Waals surface area contributed by atoms with Crippen LogP contribution in [-0.4, -0.2) is 0 Å². The van der Waals surface area contributed by atoms with E-state index in [-0.39, 0.29) is 0 Å². The van der Waals surface area contributed by atoms with Gasteiger partial charge < -0.3 is 0 Å². The number of rotatable bonds is 14. The van der Waals surface area contributed by atoms with E-state index < -0.39 is 0 Å². The van der Waals surface area contributed by atoms with E-state index in [1.54, 1.807) is 0 Å². The molecule has 1 radical (unpaired) electrons. The predicted octanol–water partition coefficient (Wildman–Crippen LogP) is 6.86. The van der Waals surface area contributed by atoms with Crippen molar-refractivity contribution in [1.29, 1.82) is 0 Å². The van der Waals surface area contributed by atoms with Crippen molar-refractivity contribution in [2.24, 2.45) is 0 Å². The zero-order valence-corrected chi connectivity index (χ0v) is 12.9. The van der Waals surface area contributed by atoms with Crippen LogP contribution in [-0.2, 0) is 0 Å². The first kappa shape index (κ1) is 17.7. The van der Waals surface area contributed by atoms with Crippen LogP contribution in [0.1, 0.15) is 97.3 Å². The molecule has 0 heteroatoms. The van der Waals surface area contributed by atoms with Gasteiger partial charge in [-0.15, -0.1) is 0 Å². The molecule has 0 nitrogen and oxygen atoms in total. The van der Waals surface area contributed by atoms with Crippen LogP contribution in [0.4, 0.5) is 0 Å². The largest absolute Gasteiger partial charge is 0.0885 e. The number of hydrogen-bond donors (Lipinski definition) is 0. The van der Waals surface area contributed by atoms with Crippen LogP contribution in [0, 0.1) is 6.42 Å². The molecule has 0 unspecified atom stereocenters. The van der Waals surface area contributed by atoms with Crippen molar-refractivity contribution in [3.8, 4) is 0 Å². The Morgan fingerprint density at radius 2 is 1.06 bits per heavy atom. The third-order valence-corrected chi connectivity index (χ3v) is 3.46. The normalized spacial score (nSPS) is 11.4. The summed E-state index contributed by atoms with van der Waals surface area (Å²) < 4.78 is 0. The maximum Gasteiger partial charge on any atom is -0.0351 e. The van der Waals surface area contributed by atoms with Crippen molar-refractivity contribution in [3.05, 3.63) is 18.6 Å². The summed E-state index contributed by atoms with van der Waals surface area (Å²) in [6, 6.07) is 0. The Kier molecular flexibility index (Phi) is 16.5. The van der Waals surface area contributed by atoms with Gasteiger partial charge in [0.1, 0.15) is 0 Å². The molecule has 0 N–H and O–H groups in total. The SMILES string of the molecule is CC[CH]CCCCC/C=C\CCCCCCCC. The molecular formula is C18H35. The van der Waals surface area contributed by atoms with Crippen LogP contribution >= 0.6 is 0 Å². The lowest BCUT2D eigenvalue weighted by Crippen LogP contribution is -1.79. The number of unbranched alkanes of at least 4 members (excludes halogenated alkanes) is 12. The Morgan fingerprint density at radius 3 is 1.67 bits per heavy atom. The summed E-state index contributed by atoms with van der Waals surface area (Å²) in [5.41, 5.74) is 0. The molecule has 0 aromatic carbocycles. The zero-order valence-electron chi connectivity index (χ0n) is 12.9. The van der Waals surface area contributed by atoms with Crippen LogP contribution in [0.25, 0.3) is 0 Å². The average molecular weight is 251 g/mol. The van der Waals surface area contributed by atoms with Crippen LogP contribution < -0.4 is 0 Å². The fraction of sp³-hybridized carbons (Fsp3) is 0.833. The lowest BCUT2D eigenvalue weighted by Gasteiger charge is -1.98. The quantitative estimate of drug-likeness (QED) is 0.234. The third-order valence-electron chi connectivity index (χ3n) is 3.46. The minimum atomic E-state index is 1.23. The van der Waals surface area contributed by atoms with E-state index >= 15 is 0 Å². The summed E-state index contributed by atoms with van der Waals surface area (Å²) >= 11 is 0. The lowest BCUT2D eigenvalue weighted by molar-refractivity contribution is 0.610. The maximum absolute atomic E-state index is 2.40. The summed E-state index contributed by atoms with van der Waals surface area (Å²) in [6.45, 7) is 4.51. The molecule has 0 aliphatic rings. The van der Waals surface area contributed by atoms with Crippen molar-refractivity contribution < 1.29 is 0 Å². The van der Waals surface area contributed by atoms with Crippen LogP contribution in [0.15, 0.2) is 12.2 Å². The molecule has 0 saturated carbocycles. The van der Waals surface area contributed by atoms with E-state index in [9.17, 15) is 0 Å². The molecule has 18 heavy (non-hydrogen) atoms. The van der Waals surface area contributed by atoms with Gasteiger partial charge in [0.05, 0.1) is 0 Å². The highest BCUT2D eigenvalue weighted by molar-refractivity contribution is 4.81. The fourth-order valence-electron chi connectivity index (χ4n) is 2.21. The second kappa shape index (κ2) is 16.7. The smallest absolute Gasteiger partial charge is 0.0351 e. The van der Waals surface area contributed by atoms with Gasteiger partial charge in [-0.25, -0.2) is 0 Å². The minimum Gasteiger partial charge on any atom is -0.0885 e. The Morgan fingerprint density at radius 1 is 0.556 bits per heavy atom. The monoisotopic (exact) mass is 251 g/mol. The zero-order chi connectivity index (χ0) is 13.3. The van der Waals surface area contributed by atoms with Crippen molar-refractivity contribution in [2.75, 3.05) is 0 Å². The van der Waals surface area contributed by atoms with Gasteiger partial charge in [-0.3, -0.25) is 0 Å². The Bertz CT molecular complexity index is 139. The molecular weight excluding hydrogens is 216 g/mol. The highest BCUT2D eigenvalue weighted by Crippen LogP contribution is 2.09. The van der Waals surface area contributed by atoms with E-state index in [1.165, 1.54) is 83.5 Å². The molecule has 0 aliphatic carbocycles. The molecule has 0 spiro atoms. The van der Waals surface area contributed by atoms with Crippen molar-refractivity contribution in [1.82, 2.24) is 0 Å². The summed E-state index contributed by atoms with van der Waals surface area (Å²) in [6.07, 6.45) is 25.0. The first-order chi connectivity index (χ1) is 8.91. The van der Waals surface area contributed by atoms with Gasteiger partial charge in [0.2, 0.25) is 0 Å². The first-order valence-corrected chi connectivity index (χ1v) is 8.38. The predicted molar refractivity (Wildman–Crippen MR) is 84.8 cm³/mol. The Labute approximate surface area is 116 Å². The number of allylic oxidation sites excluding steroid dienone is 2. The standard InChI is InChI=1S/C18H35/c1-3-5-7-9-11-13-15-17-18-16-14-12-10-8-6-4-2/h5,17-18H,3-4,6-16H2,1-2H3/b18-17-. The molecule has 0 fully saturated rings. The lowest BCUT2D eigenvalue weighted by atomic mass is 10.1. The average Bonchev–Trinajstić information content (AvgIpc) is 2.39. The minimum absolute atomic E-state index is 1.23.